The number of carbonyl (C=O) groups is 1. The standard InChI is InChI=1S/C16H21NO2.C3H9BO2.C3H8/c18-16(19)15-8-4-3-7-14(15)11-17-9-12-5-1-2-6-13(12)10-17;1-2-3-4(5)6;1-3-2/h1-2,5-6,14-15H,3-4,7-11H2,(H,18,19);5-6H,2-3H2,1H3;3H2,1-2H3/t14-,15-;;/m0../s1. The van der Waals surface area contributed by atoms with Gasteiger partial charge in [0.05, 0.1) is 5.92 Å². The lowest BCUT2D eigenvalue weighted by Gasteiger charge is -2.31. The van der Waals surface area contributed by atoms with E-state index in [1.54, 1.807) is 0 Å². The monoisotopic (exact) mass is 391 g/mol. The molecule has 0 spiro atoms. The Balaban J connectivity index is 0.000000370. The molecule has 1 fully saturated rings. The second kappa shape index (κ2) is 13.8. The van der Waals surface area contributed by atoms with Crippen molar-refractivity contribution >= 4 is 13.1 Å². The van der Waals surface area contributed by atoms with Crippen molar-refractivity contribution in [2.24, 2.45) is 11.8 Å². The lowest BCUT2D eigenvalue weighted by molar-refractivity contribution is -0.145. The molecule has 1 aromatic carbocycles. The van der Waals surface area contributed by atoms with E-state index in [0.717, 1.165) is 45.3 Å². The molecule has 0 unspecified atom stereocenters. The molecule has 0 saturated heterocycles. The molecule has 158 valence electrons. The minimum Gasteiger partial charge on any atom is -0.481 e. The summed E-state index contributed by atoms with van der Waals surface area (Å²) < 4.78 is 0. The SMILES string of the molecule is CCC.CCCB(O)O.O=C(O)[C@H]1CCCC[C@H]1CN1Cc2ccccc2C1. The van der Waals surface area contributed by atoms with Crippen LogP contribution in [0.4, 0.5) is 0 Å². The minimum absolute atomic E-state index is 0.127. The first-order chi connectivity index (χ1) is 13.4. The fourth-order valence-electron chi connectivity index (χ4n) is 3.87. The van der Waals surface area contributed by atoms with E-state index in [1.807, 2.05) is 6.92 Å². The minimum atomic E-state index is -1.10. The summed E-state index contributed by atoms with van der Waals surface area (Å²) in [6.45, 7) is 9.06. The summed E-state index contributed by atoms with van der Waals surface area (Å²) in [6.07, 6.45) is 6.77. The van der Waals surface area contributed by atoms with Crippen LogP contribution < -0.4 is 0 Å². The van der Waals surface area contributed by atoms with Crippen molar-refractivity contribution in [3.63, 3.8) is 0 Å². The Kier molecular flexibility index (Phi) is 12.1. The van der Waals surface area contributed by atoms with Crippen LogP contribution in [0.15, 0.2) is 24.3 Å². The smallest absolute Gasteiger partial charge is 0.451 e. The molecule has 1 heterocycles. The summed E-state index contributed by atoms with van der Waals surface area (Å²) >= 11 is 0. The van der Waals surface area contributed by atoms with Crippen LogP contribution in [0.25, 0.3) is 0 Å². The van der Waals surface area contributed by atoms with Gasteiger partial charge in [0.15, 0.2) is 0 Å². The third-order valence-electron chi connectivity index (χ3n) is 5.17. The molecule has 3 rings (SSSR count). The zero-order chi connectivity index (χ0) is 20.9. The highest BCUT2D eigenvalue weighted by Crippen LogP contribution is 2.33. The van der Waals surface area contributed by atoms with Crippen molar-refractivity contribution in [3.8, 4) is 0 Å². The largest absolute Gasteiger partial charge is 0.481 e. The number of hydrogen-bond acceptors (Lipinski definition) is 4. The molecule has 1 aromatic rings. The molecule has 2 atom stereocenters. The second-order valence-corrected chi connectivity index (χ2v) is 7.90. The van der Waals surface area contributed by atoms with E-state index in [0.29, 0.717) is 12.2 Å². The third kappa shape index (κ3) is 8.76. The van der Waals surface area contributed by atoms with Gasteiger partial charge in [0.1, 0.15) is 0 Å². The molecule has 1 saturated carbocycles. The zero-order valence-electron chi connectivity index (χ0n) is 17.8. The number of carboxylic acids is 1. The molecule has 0 amide bonds. The summed E-state index contributed by atoms with van der Waals surface area (Å²) in [4.78, 5) is 13.8. The second-order valence-electron chi connectivity index (χ2n) is 7.90. The van der Waals surface area contributed by atoms with Crippen LogP contribution in [0, 0.1) is 11.8 Å². The van der Waals surface area contributed by atoms with Crippen molar-refractivity contribution in [3.05, 3.63) is 35.4 Å². The highest BCUT2D eigenvalue weighted by molar-refractivity contribution is 6.40. The molecule has 5 nitrogen and oxygen atoms in total. The van der Waals surface area contributed by atoms with Gasteiger partial charge in [0.25, 0.3) is 0 Å². The Labute approximate surface area is 170 Å². The summed E-state index contributed by atoms with van der Waals surface area (Å²) in [7, 11) is -1.10. The molecule has 28 heavy (non-hydrogen) atoms. The Morgan fingerprint density at radius 3 is 2.04 bits per heavy atom. The number of fused-ring (bicyclic) bond motifs is 1. The van der Waals surface area contributed by atoms with Crippen LogP contribution in [0.1, 0.15) is 70.4 Å². The van der Waals surface area contributed by atoms with E-state index in [1.165, 1.54) is 24.0 Å². The molecule has 0 bridgehead atoms. The van der Waals surface area contributed by atoms with E-state index < -0.39 is 13.1 Å². The van der Waals surface area contributed by atoms with Crippen molar-refractivity contribution in [1.29, 1.82) is 0 Å². The van der Waals surface area contributed by atoms with Gasteiger partial charge in [0.2, 0.25) is 0 Å². The first-order valence-corrected chi connectivity index (χ1v) is 10.8. The number of aliphatic carboxylic acids is 1. The van der Waals surface area contributed by atoms with Crippen LogP contribution in [0.3, 0.4) is 0 Å². The maximum atomic E-state index is 11.3. The predicted octanol–water partition coefficient (Wildman–Crippen LogP) is 4.18. The molecule has 6 heteroatoms. The Morgan fingerprint density at radius 1 is 1.07 bits per heavy atom. The number of benzene rings is 1. The number of hydrogen-bond donors (Lipinski definition) is 3. The van der Waals surface area contributed by atoms with Gasteiger partial charge < -0.3 is 15.2 Å². The normalized spacial score (nSPS) is 20.9. The highest BCUT2D eigenvalue weighted by atomic mass is 16.4. The molecule has 1 aliphatic heterocycles. The Bertz CT molecular complexity index is 542. The zero-order valence-corrected chi connectivity index (χ0v) is 17.8. The summed E-state index contributed by atoms with van der Waals surface area (Å²) in [5.41, 5.74) is 2.82. The van der Waals surface area contributed by atoms with Gasteiger partial charge in [-0.2, -0.15) is 0 Å². The van der Waals surface area contributed by atoms with Crippen LogP contribution in [-0.2, 0) is 17.9 Å². The van der Waals surface area contributed by atoms with Crippen LogP contribution in [-0.4, -0.2) is 39.7 Å². The van der Waals surface area contributed by atoms with E-state index in [9.17, 15) is 9.90 Å². The highest BCUT2D eigenvalue weighted by Gasteiger charge is 2.33. The van der Waals surface area contributed by atoms with Crippen LogP contribution >= 0.6 is 0 Å². The van der Waals surface area contributed by atoms with E-state index in [2.05, 4.69) is 43.0 Å². The van der Waals surface area contributed by atoms with Gasteiger partial charge in [-0.3, -0.25) is 9.69 Å². The molecular weight excluding hydrogens is 353 g/mol. The number of nitrogens with zero attached hydrogens (tertiary/aromatic N) is 1. The average molecular weight is 391 g/mol. The number of rotatable bonds is 5. The van der Waals surface area contributed by atoms with Gasteiger partial charge >= 0.3 is 13.1 Å². The topological polar surface area (TPSA) is 81.0 Å². The quantitative estimate of drug-likeness (QED) is 0.656. The molecule has 1 aliphatic carbocycles. The lowest BCUT2D eigenvalue weighted by Crippen LogP contribution is -2.35. The summed E-state index contributed by atoms with van der Waals surface area (Å²) in [5.74, 6) is -0.389. The van der Waals surface area contributed by atoms with Gasteiger partial charge in [0, 0.05) is 19.6 Å². The Morgan fingerprint density at radius 2 is 1.61 bits per heavy atom. The van der Waals surface area contributed by atoms with Crippen molar-refractivity contribution in [2.45, 2.75) is 78.7 Å². The fraction of sp³-hybridized carbons (Fsp3) is 0.682. The van der Waals surface area contributed by atoms with Crippen molar-refractivity contribution in [1.82, 2.24) is 4.90 Å². The first-order valence-electron chi connectivity index (χ1n) is 10.8. The number of carboxylic acid groups (broad SMARTS) is 1. The molecular formula is C22H38BNO4. The van der Waals surface area contributed by atoms with E-state index in [4.69, 9.17) is 10.0 Å². The van der Waals surface area contributed by atoms with Gasteiger partial charge in [-0.1, -0.05) is 70.7 Å². The summed E-state index contributed by atoms with van der Waals surface area (Å²) in [5, 5.41) is 25.6. The van der Waals surface area contributed by atoms with Gasteiger partial charge in [-0.05, 0) is 36.2 Å². The van der Waals surface area contributed by atoms with Crippen molar-refractivity contribution < 1.29 is 19.9 Å². The molecule has 2 aliphatic rings. The fourth-order valence-corrected chi connectivity index (χ4v) is 3.87. The van der Waals surface area contributed by atoms with Gasteiger partial charge in [-0.25, -0.2) is 0 Å². The Hall–Kier alpha value is -1.37. The molecule has 3 N–H and O–H groups in total. The van der Waals surface area contributed by atoms with Gasteiger partial charge in [-0.15, -0.1) is 0 Å². The third-order valence-corrected chi connectivity index (χ3v) is 5.17. The van der Waals surface area contributed by atoms with Crippen molar-refractivity contribution in [2.75, 3.05) is 6.54 Å². The van der Waals surface area contributed by atoms with E-state index in [-0.39, 0.29) is 5.92 Å². The summed E-state index contributed by atoms with van der Waals surface area (Å²) in [6, 6.07) is 8.54. The lowest BCUT2D eigenvalue weighted by atomic mass is 9.79. The molecule has 0 aromatic heterocycles. The van der Waals surface area contributed by atoms with Crippen LogP contribution in [0.2, 0.25) is 6.32 Å². The first kappa shape index (κ1) is 24.7. The maximum absolute atomic E-state index is 11.3. The maximum Gasteiger partial charge on any atom is 0.451 e. The van der Waals surface area contributed by atoms with E-state index >= 15 is 0 Å². The van der Waals surface area contributed by atoms with Crippen LogP contribution in [0.5, 0.6) is 0 Å². The average Bonchev–Trinajstić information content (AvgIpc) is 3.05. The predicted molar refractivity (Wildman–Crippen MR) is 115 cm³/mol. The molecule has 0 radical (unpaired) electrons.